The van der Waals surface area contributed by atoms with Crippen molar-refractivity contribution in [2.24, 2.45) is 0 Å². The lowest BCUT2D eigenvalue weighted by Crippen LogP contribution is -2.31. The molecule has 16 aromatic rings. The Morgan fingerprint density at radius 3 is 1.40 bits per heavy atom. The number of para-hydroxylation sites is 7. The van der Waals surface area contributed by atoms with Crippen LogP contribution in [0.15, 0.2) is 309 Å². The maximum absolute atomic E-state index is 7.02. The number of hydrogen-bond donors (Lipinski definition) is 0. The van der Waals surface area contributed by atoms with Crippen LogP contribution >= 0.6 is 0 Å². The third-order valence-electron chi connectivity index (χ3n) is 17.1. The largest absolute Gasteiger partial charge is 0.458 e. The molecule has 0 radical (unpaired) electrons. The number of aromatic nitrogens is 5. The van der Waals surface area contributed by atoms with Gasteiger partial charge in [-0.2, -0.15) is 0 Å². The monoisotopic (exact) mass is 1130 g/mol. The van der Waals surface area contributed by atoms with Crippen molar-refractivity contribution in [1.29, 1.82) is 0 Å². The first kappa shape index (κ1) is 52.0. The van der Waals surface area contributed by atoms with Crippen molar-refractivity contribution in [2.75, 3.05) is 0 Å². The van der Waals surface area contributed by atoms with Gasteiger partial charge in [0.1, 0.15) is 11.5 Å². The highest BCUT2D eigenvalue weighted by Crippen LogP contribution is 2.43. The number of fused-ring (bicyclic) bond motifs is 5. The predicted molar refractivity (Wildman–Crippen MR) is 361 cm³/mol. The number of ether oxygens (including phenoxy) is 1. The first-order valence-electron chi connectivity index (χ1n) is 29.9. The molecule has 0 saturated heterocycles. The minimum absolute atomic E-state index is 0.693. The standard InChI is InChI=1S/C82H57N5O/c1-55-24-21-25-56(2)80(55)87-76-41-18-16-39-74(76)83-82(87)86-75-40-17-15-36-72(75)73-45-44-69(53-79(73)86)88-68-35-22-34-67(52-68)84-54-85(78-43-20-19-42-77(78)84)81-70(65-48-61(57-26-7-3-8-27-57)46-62(49-65)58-28-9-4-10-29-58)37-23-38-71(81)66-50-63(59-30-11-5-12-31-59)47-64(51-66)60-32-13-6-14-33-60/h3-53H,1-2H3. The lowest BCUT2D eigenvalue weighted by Gasteiger charge is -2.20. The van der Waals surface area contributed by atoms with E-state index < -0.39 is 0 Å². The van der Waals surface area contributed by atoms with E-state index in [1.807, 2.05) is 6.07 Å². The Kier molecular flexibility index (Phi) is 12.9. The molecule has 0 aliphatic heterocycles. The number of hydrogen-bond acceptors (Lipinski definition) is 2. The van der Waals surface area contributed by atoms with Crippen LogP contribution in [0, 0.1) is 20.2 Å². The van der Waals surface area contributed by atoms with Gasteiger partial charge in [0.25, 0.3) is 6.33 Å². The lowest BCUT2D eigenvalue weighted by atomic mass is 9.89. The van der Waals surface area contributed by atoms with Crippen LogP contribution in [0.4, 0.5) is 0 Å². The highest BCUT2D eigenvalue weighted by atomic mass is 16.5. The van der Waals surface area contributed by atoms with Gasteiger partial charge in [-0.3, -0.25) is 18.3 Å². The van der Waals surface area contributed by atoms with Crippen molar-refractivity contribution < 1.29 is 9.30 Å². The Hall–Kier alpha value is -11.6. The first-order chi connectivity index (χ1) is 43.5. The minimum atomic E-state index is 0.693. The number of imidazole rings is 2. The molecule has 6 nitrogen and oxygen atoms in total. The Morgan fingerprint density at radius 1 is 0.341 bits per heavy atom. The number of benzene rings is 13. The maximum Gasteiger partial charge on any atom is 0.269 e. The average Bonchev–Trinajstić information content (AvgIpc) is 1.68. The molecule has 0 amide bonds. The SMILES string of the molecule is Cc1cccc(C)c1-n1c(-n2c3ccccc3c3ccc(Oc4cccc(-n5[c-][n+](-c6c(-c7cc(-c8ccccc8)cc(-c8ccccc8)c7)cccc6-c6cc(-c7ccccc7)cc(-c7ccccc7)c6)c6ccccc65)c4)cc32)nc2ccccc21. The van der Waals surface area contributed by atoms with E-state index in [2.05, 4.69) is 342 Å². The highest BCUT2D eigenvalue weighted by Gasteiger charge is 2.25. The zero-order valence-corrected chi connectivity index (χ0v) is 48.6. The van der Waals surface area contributed by atoms with Crippen LogP contribution in [-0.4, -0.2) is 18.7 Å². The molecular formula is C82H57N5O. The van der Waals surface area contributed by atoms with E-state index in [0.29, 0.717) is 11.5 Å². The smallest absolute Gasteiger partial charge is 0.269 e. The molecule has 3 aromatic heterocycles. The molecule has 416 valence electrons. The van der Waals surface area contributed by atoms with Crippen molar-refractivity contribution in [1.82, 2.24) is 18.7 Å². The fourth-order valence-corrected chi connectivity index (χ4v) is 13.0. The third kappa shape index (κ3) is 9.23. The van der Waals surface area contributed by atoms with Crippen LogP contribution < -0.4 is 9.30 Å². The topological polar surface area (TPSA) is 40.8 Å². The second kappa shape index (κ2) is 21.8. The zero-order chi connectivity index (χ0) is 58.7. The summed E-state index contributed by atoms with van der Waals surface area (Å²) in [7, 11) is 0. The lowest BCUT2D eigenvalue weighted by molar-refractivity contribution is -0.571. The molecule has 0 spiro atoms. The molecule has 3 heterocycles. The van der Waals surface area contributed by atoms with Crippen molar-refractivity contribution in [3.05, 3.63) is 327 Å². The molecule has 0 atom stereocenters. The zero-order valence-electron chi connectivity index (χ0n) is 48.6. The summed E-state index contributed by atoms with van der Waals surface area (Å²) < 4.78 is 16.1. The minimum Gasteiger partial charge on any atom is -0.458 e. The van der Waals surface area contributed by atoms with Crippen molar-refractivity contribution in [3.63, 3.8) is 0 Å². The Bertz CT molecular complexity index is 5030. The summed E-state index contributed by atoms with van der Waals surface area (Å²) in [6.07, 6.45) is 3.99. The summed E-state index contributed by atoms with van der Waals surface area (Å²) in [5, 5.41) is 2.25. The summed E-state index contributed by atoms with van der Waals surface area (Å²) >= 11 is 0. The fourth-order valence-electron chi connectivity index (χ4n) is 13.0. The van der Waals surface area contributed by atoms with Crippen LogP contribution in [0.3, 0.4) is 0 Å². The van der Waals surface area contributed by atoms with E-state index in [1.54, 1.807) is 0 Å². The van der Waals surface area contributed by atoms with E-state index in [0.717, 1.165) is 134 Å². The van der Waals surface area contributed by atoms with E-state index in [9.17, 15) is 0 Å². The fraction of sp³-hybridized carbons (Fsp3) is 0.0244. The molecule has 13 aromatic carbocycles. The van der Waals surface area contributed by atoms with Crippen LogP contribution in [-0.2, 0) is 0 Å². The first-order valence-corrected chi connectivity index (χ1v) is 29.9. The summed E-state index contributed by atoms with van der Waals surface area (Å²) in [6, 6.07) is 110. The molecule has 0 fully saturated rings. The average molecular weight is 1130 g/mol. The van der Waals surface area contributed by atoms with Gasteiger partial charge in [0, 0.05) is 16.8 Å². The summed E-state index contributed by atoms with van der Waals surface area (Å²) in [4.78, 5) is 5.41. The van der Waals surface area contributed by atoms with Gasteiger partial charge < -0.3 is 4.74 Å². The molecule has 0 bridgehead atoms. The number of aryl methyl sites for hydroxylation is 2. The molecule has 6 heteroatoms. The number of rotatable bonds is 12. The Labute approximate surface area is 511 Å². The van der Waals surface area contributed by atoms with Gasteiger partial charge in [-0.1, -0.05) is 218 Å². The quantitative estimate of drug-likeness (QED) is 0.0903. The Balaban J connectivity index is 0.871. The molecule has 0 aliphatic rings. The van der Waals surface area contributed by atoms with E-state index >= 15 is 0 Å². The van der Waals surface area contributed by atoms with Crippen molar-refractivity contribution in [3.8, 4) is 101 Å². The second-order valence-corrected chi connectivity index (χ2v) is 22.6. The van der Waals surface area contributed by atoms with Gasteiger partial charge in [-0.05, 0) is 177 Å². The van der Waals surface area contributed by atoms with E-state index in [1.165, 1.54) is 11.1 Å². The Morgan fingerprint density at radius 2 is 0.807 bits per heavy atom. The van der Waals surface area contributed by atoms with Gasteiger partial charge in [-0.25, -0.2) is 4.98 Å². The second-order valence-electron chi connectivity index (χ2n) is 22.6. The van der Waals surface area contributed by atoms with Crippen LogP contribution in [0.1, 0.15) is 11.1 Å². The normalized spacial score (nSPS) is 11.5. The van der Waals surface area contributed by atoms with Gasteiger partial charge in [-0.15, -0.1) is 0 Å². The summed E-state index contributed by atoms with van der Waals surface area (Å²) in [6.45, 7) is 4.36. The van der Waals surface area contributed by atoms with E-state index in [-0.39, 0.29) is 0 Å². The van der Waals surface area contributed by atoms with Crippen molar-refractivity contribution in [2.45, 2.75) is 13.8 Å². The van der Waals surface area contributed by atoms with Crippen LogP contribution in [0.25, 0.3) is 134 Å². The van der Waals surface area contributed by atoms with Crippen LogP contribution in [0.2, 0.25) is 0 Å². The molecule has 0 saturated carbocycles. The molecule has 0 aliphatic carbocycles. The highest BCUT2D eigenvalue weighted by molar-refractivity contribution is 6.09. The molecule has 88 heavy (non-hydrogen) atoms. The van der Waals surface area contributed by atoms with E-state index in [4.69, 9.17) is 9.72 Å². The number of nitrogens with zero attached hydrogens (tertiary/aromatic N) is 5. The molecule has 0 unspecified atom stereocenters. The summed E-state index contributed by atoms with van der Waals surface area (Å²) in [5.41, 5.74) is 24.9. The van der Waals surface area contributed by atoms with Gasteiger partial charge in [0.2, 0.25) is 5.95 Å². The molecule has 0 N–H and O–H groups in total. The van der Waals surface area contributed by atoms with Crippen molar-refractivity contribution >= 4 is 43.9 Å². The van der Waals surface area contributed by atoms with Gasteiger partial charge in [0.15, 0.2) is 0 Å². The van der Waals surface area contributed by atoms with Gasteiger partial charge >= 0.3 is 0 Å². The third-order valence-corrected chi connectivity index (χ3v) is 17.1. The van der Waals surface area contributed by atoms with Crippen LogP contribution in [0.5, 0.6) is 11.5 Å². The maximum atomic E-state index is 7.02. The predicted octanol–water partition coefficient (Wildman–Crippen LogP) is 20.6. The molecular weight excluding hydrogens is 1070 g/mol. The van der Waals surface area contributed by atoms with Gasteiger partial charge in [0.05, 0.1) is 50.2 Å². The summed E-state index contributed by atoms with van der Waals surface area (Å²) in [5.74, 6) is 2.22. The molecule has 16 rings (SSSR count).